The van der Waals surface area contributed by atoms with Crippen LogP contribution in [-0.2, 0) is 26.2 Å². The molecule has 0 saturated heterocycles. The summed E-state index contributed by atoms with van der Waals surface area (Å²) in [4.78, 5) is 10.6. The van der Waals surface area contributed by atoms with E-state index in [1.54, 1.807) is 0 Å². The van der Waals surface area contributed by atoms with Gasteiger partial charge in [-0.2, -0.15) is 16.5 Å². The minimum Gasteiger partial charge on any atom is -0.525 e. The van der Waals surface area contributed by atoms with E-state index < -0.39 is 23.8 Å². The number of hydrogen-bond acceptors (Lipinski definition) is 2. The van der Waals surface area contributed by atoms with Gasteiger partial charge in [-0.15, -0.1) is 17.6 Å². The van der Waals surface area contributed by atoms with E-state index in [9.17, 15) is 14.5 Å². The van der Waals surface area contributed by atoms with Gasteiger partial charge >= 0.3 is 31.9 Å². The van der Waals surface area contributed by atoms with E-state index in [1.165, 1.54) is 12.1 Å². The van der Waals surface area contributed by atoms with E-state index in [0.29, 0.717) is 5.69 Å². The predicted molar refractivity (Wildman–Crippen MR) is 128 cm³/mol. The van der Waals surface area contributed by atoms with Crippen LogP contribution in [0.15, 0.2) is 103 Å². The first-order chi connectivity index (χ1) is 15.6. The van der Waals surface area contributed by atoms with Crippen LogP contribution in [0.3, 0.4) is 0 Å². The van der Waals surface area contributed by atoms with Gasteiger partial charge in [-0.3, -0.25) is 16.2 Å². The summed E-state index contributed by atoms with van der Waals surface area (Å²) in [6.07, 6.45) is 1.84. The van der Waals surface area contributed by atoms with E-state index in [-0.39, 0.29) is 26.2 Å². The summed E-state index contributed by atoms with van der Waals surface area (Å²) in [7, 11) is -2.70. The molecule has 4 rings (SSSR count). The van der Waals surface area contributed by atoms with E-state index in [4.69, 9.17) is 5.09 Å². The van der Waals surface area contributed by atoms with Gasteiger partial charge in [-0.25, -0.2) is 12.1 Å². The van der Waals surface area contributed by atoms with Gasteiger partial charge in [0.25, 0.3) is 0 Å². The maximum atomic E-state index is 14.0. The molecule has 7 heteroatoms. The fourth-order valence-electron chi connectivity index (χ4n) is 3.27. The molecule has 0 aromatic heterocycles. The van der Waals surface area contributed by atoms with E-state index in [1.807, 2.05) is 91.0 Å². The van der Waals surface area contributed by atoms with Crippen molar-refractivity contribution in [3.8, 4) is 0 Å². The van der Waals surface area contributed by atoms with Crippen molar-refractivity contribution in [2.45, 2.75) is 0 Å². The molecule has 0 aliphatic carbocycles. The van der Waals surface area contributed by atoms with Crippen molar-refractivity contribution < 1.29 is 35.5 Å². The molecule has 160 valence electrons. The molecular weight excluding hydrogens is 513 g/mol. The van der Waals surface area contributed by atoms with Crippen molar-refractivity contribution in [1.29, 1.82) is 0 Å². The summed E-state index contributed by atoms with van der Waals surface area (Å²) in [6, 6.07) is 33.8. The monoisotopic (exact) mass is 530 g/mol. The Hall–Kier alpha value is -2.94. The summed E-state index contributed by atoms with van der Waals surface area (Å²) in [5, 5.41) is 18.2. The molecule has 0 fully saturated rings. The SMILES string of the molecule is O=[N+]([O-])c1cc([N-][P+]([C-]=Cc2[c-]cccc2)(c2ccccc2)c2ccccc2)ccc1F.[Zr+2]. The first kappa shape index (κ1) is 24.7. The smallest absolute Gasteiger partial charge is 0.525 e. The first-order valence-corrected chi connectivity index (χ1v) is 11.6. The van der Waals surface area contributed by atoms with Crippen LogP contribution < -0.4 is 10.6 Å². The van der Waals surface area contributed by atoms with Crippen LogP contribution in [0.5, 0.6) is 0 Å². The molecule has 0 radical (unpaired) electrons. The molecule has 0 unspecified atom stereocenters. The van der Waals surface area contributed by atoms with E-state index in [0.717, 1.165) is 22.2 Å². The Balaban J connectivity index is 0.00000306. The zero-order valence-corrected chi connectivity index (χ0v) is 20.8. The van der Waals surface area contributed by atoms with Crippen LogP contribution in [0, 0.1) is 27.8 Å². The van der Waals surface area contributed by atoms with E-state index >= 15 is 0 Å². The van der Waals surface area contributed by atoms with Crippen molar-refractivity contribution >= 4 is 35.5 Å². The first-order valence-electron chi connectivity index (χ1n) is 9.84. The Kier molecular flexibility index (Phi) is 8.44. The third kappa shape index (κ3) is 5.71. The summed E-state index contributed by atoms with van der Waals surface area (Å²) in [5.41, 5.74) is 0.548. The van der Waals surface area contributed by atoms with Crippen LogP contribution >= 0.6 is 7.41 Å². The number of nitro groups is 1. The molecule has 0 bridgehead atoms. The largest absolute Gasteiger partial charge is 2.00 e. The van der Waals surface area contributed by atoms with Crippen molar-refractivity contribution in [1.82, 2.24) is 0 Å². The predicted octanol–water partition coefficient (Wildman–Crippen LogP) is 6.59. The molecule has 0 aliphatic rings. The molecule has 0 spiro atoms. The van der Waals surface area contributed by atoms with Crippen LogP contribution in [0.4, 0.5) is 15.8 Å². The molecule has 4 nitrogen and oxygen atoms in total. The number of nitrogens with zero attached hydrogens (tertiary/aromatic N) is 2. The Morgan fingerprint density at radius 3 is 2.06 bits per heavy atom. The van der Waals surface area contributed by atoms with Gasteiger partial charge in [0.05, 0.1) is 15.5 Å². The van der Waals surface area contributed by atoms with Crippen LogP contribution in [0.1, 0.15) is 5.56 Å². The molecule has 0 atom stereocenters. The van der Waals surface area contributed by atoms with Crippen LogP contribution in [0.25, 0.3) is 11.2 Å². The molecule has 4 aromatic carbocycles. The van der Waals surface area contributed by atoms with Gasteiger partial charge in [-0.05, 0) is 37.7 Å². The van der Waals surface area contributed by atoms with Crippen LogP contribution in [-0.4, -0.2) is 4.92 Å². The number of halogens is 1. The van der Waals surface area contributed by atoms with Gasteiger partial charge in [0.15, 0.2) is 5.82 Å². The molecule has 0 saturated carbocycles. The summed E-state index contributed by atoms with van der Waals surface area (Å²) in [5.74, 6) is 2.63. The second-order valence-electron chi connectivity index (χ2n) is 6.89. The van der Waals surface area contributed by atoms with Crippen molar-refractivity contribution in [3.63, 3.8) is 0 Å². The normalized spacial score (nSPS) is 11.1. The average molecular weight is 532 g/mol. The standard InChI is InChI=1S/C26H18FN2O2P.Zr/c27-25-17-16-22(20-26(25)29(30)31)28-32(23-12-6-2-7-13-23,24-14-8-3-9-15-24)19-18-21-10-4-1-5-11-21;/h1-10,12-18,20H;/q-2;+2. The third-order valence-corrected chi connectivity index (χ3v) is 7.92. The summed E-state index contributed by atoms with van der Waals surface area (Å²) < 4.78 is 14.0. The minimum atomic E-state index is -2.70. The molecule has 0 heterocycles. The number of hydrogen-bond donors (Lipinski definition) is 0. The summed E-state index contributed by atoms with van der Waals surface area (Å²) in [6.45, 7) is 0. The third-order valence-electron chi connectivity index (χ3n) is 4.79. The fourth-order valence-corrected chi connectivity index (χ4v) is 6.16. The van der Waals surface area contributed by atoms with Gasteiger partial charge < -0.3 is 10.7 Å². The molecule has 0 amide bonds. The van der Waals surface area contributed by atoms with Gasteiger partial charge in [0.1, 0.15) is 0 Å². The van der Waals surface area contributed by atoms with E-state index in [2.05, 4.69) is 11.9 Å². The average Bonchev–Trinajstić information content (AvgIpc) is 2.84. The summed E-state index contributed by atoms with van der Waals surface area (Å²) >= 11 is 0. The Morgan fingerprint density at radius 1 is 0.909 bits per heavy atom. The molecule has 0 N–H and O–H groups in total. The maximum absolute atomic E-state index is 14.0. The molecule has 4 aromatic rings. The number of rotatable bonds is 7. The zero-order chi connectivity index (χ0) is 22.4. The van der Waals surface area contributed by atoms with Gasteiger partial charge in [0, 0.05) is 6.07 Å². The van der Waals surface area contributed by atoms with Crippen molar-refractivity contribution in [2.24, 2.45) is 0 Å². The Bertz CT molecular complexity index is 1200. The topological polar surface area (TPSA) is 57.2 Å². The Morgan fingerprint density at radius 2 is 1.52 bits per heavy atom. The number of benzene rings is 4. The quantitative estimate of drug-likeness (QED) is 0.117. The Labute approximate surface area is 211 Å². The fraction of sp³-hybridized carbons (Fsp3) is 0. The second-order valence-corrected chi connectivity index (χ2v) is 9.65. The van der Waals surface area contributed by atoms with Crippen molar-refractivity contribution in [3.05, 3.63) is 142 Å². The maximum Gasteiger partial charge on any atom is 2.00 e. The second kappa shape index (κ2) is 11.3. The molecule has 33 heavy (non-hydrogen) atoms. The minimum absolute atomic E-state index is 0. The van der Waals surface area contributed by atoms with Crippen LogP contribution in [0.2, 0.25) is 0 Å². The zero-order valence-electron chi connectivity index (χ0n) is 17.4. The molecular formula is C26H18FN2O2PZr. The van der Waals surface area contributed by atoms with Gasteiger partial charge in [0.2, 0.25) is 0 Å². The van der Waals surface area contributed by atoms with Gasteiger partial charge in [-0.1, -0.05) is 42.5 Å². The number of nitro benzene ring substituents is 1. The van der Waals surface area contributed by atoms with Crippen molar-refractivity contribution in [2.75, 3.05) is 0 Å². The molecule has 0 aliphatic heterocycles.